The summed E-state index contributed by atoms with van der Waals surface area (Å²) in [5, 5.41) is 0. The van der Waals surface area contributed by atoms with Crippen LogP contribution in [0, 0.1) is 5.92 Å². The molecule has 2 aliphatic heterocycles. The topological polar surface area (TPSA) is 45.2 Å². The minimum atomic E-state index is 0.156. The van der Waals surface area contributed by atoms with E-state index in [1.165, 1.54) is 5.56 Å². The van der Waals surface area contributed by atoms with Gasteiger partial charge in [-0.1, -0.05) is 24.3 Å². The Labute approximate surface area is 198 Å². The van der Waals surface area contributed by atoms with Crippen molar-refractivity contribution < 1.29 is 14.3 Å². The van der Waals surface area contributed by atoms with Crippen LogP contribution < -0.4 is 14.4 Å². The molecule has 0 atom stereocenters. The first-order valence-corrected chi connectivity index (χ1v) is 12.4. The van der Waals surface area contributed by atoms with Gasteiger partial charge in [0.2, 0.25) is 5.91 Å². The lowest BCUT2D eigenvalue weighted by Crippen LogP contribution is -2.51. The van der Waals surface area contributed by atoms with Crippen LogP contribution in [0.2, 0.25) is 0 Å². The quantitative estimate of drug-likeness (QED) is 0.606. The predicted molar refractivity (Wildman–Crippen MR) is 132 cm³/mol. The lowest BCUT2D eigenvalue weighted by molar-refractivity contribution is -0.137. The van der Waals surface area contributed by atoms with E-state index in [1.807, 2.05) is 38.1 Å². The fourth-order valence-corrected chi connectivity index (χ4v) is 4.88. The number of piperidine rings is 1. The molecule has 0 aliphatic carbocycles. The van der Waals surface area contributed by atoms with Gasteiger partial charge in [-0.05, 0) is 69.6 Å². The smallest absolute Gasteiger partial charge is 0.225 e. The van der Waals surface area contributed by atoms with Gasteiger partial charge in [-0.3, -0.25) is 9.69 Å². The van der Waals surface area contributed by atoms with Crippen LogP contribution >= 0.6 is 0 Å². The van der Waals surface area contributed by atoms with Crippen molar-refractivity contribution in [3.8, 4) is 11.5 Å². The summed E-state index contributed by atoms with van der Waals surface area (Å²) in [4.78, 5) is 20.1. The van der Waals surface area contributed by atoms with Gasteiger partial charge >= 0.3 is 0 Å². The molecule has 0 radical (unpaired) electrons. The highest BCUT2D eigenvalue weighted by molar-refractivity contribution is 5.79. The summed E-state index contributed by atoms with van der Waals surface area (Å²) in [6.07, 6.45) is 1.90. The molecular weight excluding hydrogens is 414 g/mol. The standard InChI is InChI=1S/C27H37N3O3/c1-3-32-24-11-9-22(10-12-24)21-28-15-13-23(14-16-28)27(31)30-19-17-29(18-20-30)25-7-5-6-8-26(25)33-4-2/h5-12,23H,3-4,13-21H2,1-2H3. The predicted octanol–water partition coefficient (Wildman–Crippen LogP) is 4.04. The normalized spacial score (nSPS) is 17.8. The third-order valence-corrected chi connectivity index (χ3v) is 6.67. The molecule has 6 heteroatoms. The average molecular weight is 452 g/mol. The number of nitrogens with zero attached hydrogens (tertiary/aromatic N) is 3. The summed E-state index contributed by atoms with van der Waals surface area (Å²) >= 11 is 0. The van der Waals surface area contributed by atoms with Crippen LogP contribution in [-0.4, -0.2) is 68.2 Å². The molecule has 0 spiro atoms. The first kappa shape index (κ1) is 23.4. The molecule has 2 aromatic carbocycles. The number of carbonyl (C=O) groups excluding carboxylic acids is 1. The van der Waals surface area contributed by atoms with Gasteiger partial charge in [-0.15, -0.1) is 0 Å². The zero-order chi connectivity index (χ0) is 23.0. The molecule has 0 saturated carbocycles. The van der Waals surface area contributed by atoms with Crippen molar-refractivity contribution in [2.24, 2.45) is 5.92 Å². The SMILES string of the molecule is CCOc1ccc(CN2CCC(C(=O)N3CCN(c4ccccc4OCC)CC3)CC2)cc1. The maximum atomic E-state index is 13.2. The minimum Gasteiger partial charge on any atom is -0.494 e. The van der Waals surface area contributed by atoms with Gasteiger partial charge in [0.1, 0.15) is 11.5 Å². The number of rotatable bonds is 8. The number of ether oxygens (including phenoxy) is 2. The number of hydrogen-bond donors (Lipinski definition) is 0. The first-order valence-electron chi connectivity index (χ1n) is 12.4. The van der Waals surface area contributed by atoms with Gasteiger partial charge in [-0.25, -0.2) is 0 Å². The van der Waals surface area contributed by atoms with E-state index in [2.05, 4.69) is 39.0 Å². The average Bonchev–Trinajstić information content (AvgIpc) is 2.86. The highest BCUT2D eigenvalue weighted by Gasteiger charge is 2.30. The van der Waals surface area contributed by atoms with Crippen molar-refractivity contribution >= 4 is 11.6 Å². The maximum absolute atomic E-state index is 13.2. The molecule has 0 bridgehead atoms. The van der Waals surface area contributed by atoms with E-state index in [1.54, 1.807) is 0 Å². The number of likely N-dealkylation sites (tertiary alicyclic amines) is 1. The third-order valence-electron chi connectivity index (χ3n) is 6.67. The molecule has 0 aromatic heterocycles. The number of piperazine rings is 1. The zero-order valence-electron chi connectivity index (χ0n) is 20.0. The molecule has 2 heterocycles. The Bertz CT molecular complexity index is 886. The van der Waals surface area contributed by atoms with Crippen molar-refractivity contribution in [1.29, 1.82) is 0 Å². The number of anilines is 1. The minimum absolute atomic E-state index is 0.156. The summed E-state index contributed by atoms with van der Waals surface area (Å²) in [5.74, 6) is 2.35. The van der Waals surface area contributed by atoms with Crippen LogP contribution in [0.15, 0.2) is 48.5 Å². The van der Waals surface area contributed by atoms with Crippen molar-refractivity contribution in [2.45, 2.75) is 33.2 Å². The third kappa shape index (κ3) is 5.99. The summed E-state index contributed by atoms with van der Waals surface area (Å²) < 4.78 is 11.3. The van der Waals surface area contributed by atoms with Crippen LogP contribution in [0.3, 0.4) is 0 Å². The van der Waals surface area contributed by atoms with E-state index >= 15 is 0 Å². The molecule has 6 nitrogen and oxygen atoms in total. The molecule has 2 aliphatic rings. The largest absolute Gasteiger partial charge is 0.494 e. The van der Waals surface area contributed by atoms with E-state index in [-0.39, 0.29) is 5.92 Å². The van der Waals surface area contributed by atoms with Crippen molar-refractivity contribution in [1.82, 2.24) is 9.80 Å². The van der Waals surface area contributed by atoms with E-state index < -0.39 is 0 Å². The molecular formula is C27H37N3O3. The molecule has 178 valence electrons. The molecule has 0 unspecified atom stereocenters. The second-order valence-electron chi connectivity index (χ2n) is 8.84. The van der Waals surface area contributed by atoms with Crippen molar-refractivity contribution in [2.75, 3.05) is 57.4 Å². The molecule has 2 aromatic rings. The Balaban J connectivity index is 1.23. The molecule has 33 heavy (non-hydrogen) atoms. The Morgan fingerprint density at radius 2 is 1.52 bits per heavy atom. The van der Waals surface area contributed by atoms with E-state index in [4.69, 9.17) is 9.47 Å². The summed E-state index contributed by atoms with van der Waals surface area (Å²) in [5.41, 5.74) is 2.43. The summed E-state index contributed by atoms with van der Waals surface area (Å²) in [6.45, 7) is 11.5. The van der Waals surface area contributed by atoms with Gasteiger partial charge in [0.05, 0.1) is 18.9 Å². The fraction of sp³-hybridized carbons (Fsp3) is 0.519. The van der Waals surface area contributed by atoms with Crippen LogP contribution in [0.1, 0.15) is 32.3 Å². The number of benzene rings is 2. The number of carbonyl (C=O) groups is 1. The number of amides is 1. The summed E-state index contributed by atoms with van der Waals surface area (Å²) in [7, 11) is 0. The second-order valence-corrected chi connectivity index (χ2v) is 8.84. The van der Waals surface area contributed by atoms with Crippen LogP contribution in [0.5, 0.6) is 11.5 Å². The van der Waals surface area contributed by atoms with Crippen molar-refractivity contribution in [3.05, 3.63) is 54.1 Å². The first-order chi connectivity index (χ1) is 16.2. The van der Waals surface area contributed by atoms with E-state index in [0.29, 0.717) is 19.1 Å². The fourth-order valence-electron chi connectivity index (χ4n) is 4.88. The lowest BCUT2D eigenvalue weighted by atomic mass is 9.94. The Morgan fingerprint density at radius 1 is 0.848 bits per heavy atom. The van der Waals surface area contributed by atoms with Gasteiger partial charge < -0.3 is 19.3 Å². The highest BCUT2D eigenvalue weighted by atomic mass is 16.5. The van der Waals surface area contributed by atoms with Gasteiger partial charge in [0, 0.05) is 38.6 Å². The zero-order valence-corrected chi connectivity index (χ0v) is 20.0. The van der Waals surface area contributed by atoms with E-state index in [0.717, 1.165) is 75.8 Å². The molecule has 2 saturated heterocycles. The van der Waals surface area contributed by atoms with Gasteiger partial charge in [0.15, 0.2) is 0 Å². The van der Waals surface area contributed by atoms with Crippen LogP contribution in [0.25, 0.3) is 0 Å². The molecule has 1 amide bonds. The summed E-state index contributed by atoms with van der Waals surface area (Å²) in [6, 6.07) is 16.6. The number of hydrogen-bond acceptors (Lipinski definition) is 5. The van der Waals surface area contributed by atoms with Gasteiger partial charge in [0.25, 0.3) is 0 Å². The highest BCUT2D eigenvalue weighted by Crippen LogP contribution is 2.29. The molecule has 0 N–H and O–H groups in total. The monoisotopic (exact) mass is 451 g/mol. The van der Waals surface area contributed by atoms with Crippen LogP contribution in [-0.2, 0) is 11.3 Å². The Kier molecular flexibility index (Phi) is 8.10. The van der Waals surface area contributed by atoms with Crippen LogP contribution in [0.4, 0.5) is 5.69 Å². The molecule has 2 fully saturated rings. The van der Waals surface area contributed by atoms with E-state index in [9.17, 15) is 4.79 Å². The molecule has 4 rings (SSSR count). The lowest BCUT2D eigenvalue weighted by Gasteiger charge is -2.39. The Hall–Kier alpha value is -2.73. The number of para-hydroxylation sites is 2. The van der Waals surface area contributed by atoms with Gasteiger partial charge in [-0.2, -0.15) is 0 Å². The van der Waals surface area contributed by atoms with Crippen molar-refractivity contribution in [3.63, 3.8) is 0 Å². The maximum Gasteiger partial charge on any atom is 0.225 e. The second kappa shape index (κ2) is 11.4. The Morgan fingerprint density at radius 3 is 2.18 bits per heavy atom.